The van der Waals surface area contributed by atoms with Crippen LogP contribution in [0, 0.1) is 63.1 Å². The number of amides is 4. The monoisotopic (exact) mass is 1090 g/mol. The van der Waals surface area contributed by atoms with E-state index in [1.54, 1.807) is 35.0 Å². The summed E-state index contributed by atoms with van der Waals surface area (Å²) in [5, 5.41) is 35.8. The van der Waals surface area contributed by atoms with E-state index in [1.807, 2.05) is 40.7 Å². The molecule has 5 aliphatic carbocycles. The number of rotatable bonds is 24. The van der Waals surface area contributed by atoms with Crippen LogP contribution in [0.5, 0.6) is 5.75 Å². The number of Topliss-reactive ketones (excluding diaryl/α,β-unsaturated/α-hetero) is 1. The maximum atomic E-state index is 13.7. The first-order valence-corrected chi connectivity index (χ1v) is 30.2. The highest BCUT2D eigenvalue weighted by Gasteiger charge is 2.60. The molecule has 1 heterocycles. The number of aromatic nitrogens is 1. The highest BCUT2D eigenvalue weighted by molar-refractivity contribution is 7.19. The van der Waals surface area contributed by atoms with Crippen LogP contribution in [0.1, 0.15) is 189 Å². The molecule has 1 aromatic heterocycles. The third-order valence-corrected chi connectivity index (χ3v) is 21.0. The van der Waals surface area contributed by atoms with Crippen LogP contribution in [0.2, 0.25) is 0 Å². The normalized spacial score (nSPS) is 26.8. The van der Waals surface area contributed by atoms with Gasteiger partial charge in [0.2, 0.25) is 17.7 Å². The van der Waals surface area contributed by atoms with Crippen molar-refractivity contribution in [2.75, 3.05) is 33.2 Å². The molecular formula is C62H90N6O9S. The molecule has 5 aliphatic rings. The molecule has 4 saturated carbocycles. The number of hydrogen-bond donors (Lipinski definition) is 4. The lowest BCUT2D eigenvalue weighted by molar-refractivity contribution is -0.142. The molecule has 428 valence electrons. The molecule has 0 spiro atoms. The van der Waals surface area contributed by atoms with Gasteiger partial charge in [-0.2, -0.15) is 5.26 Å². The Morgan fingerprint density at radius 3 is 2.38 bits per heavy atom. The Morgan fingerprint density at radius 2 is 1.64 bits per heavy atom. The van der Waals surface area contributed by atoms with E-state index in [2.05, 4.69) is 36.4 Å². The smallest absolute Gasteiger partial charge is 0.415 e. The fourth-order valence-electron chi connectivity index (χ4n) is 15.2. The zero-order valence-electron chi connectivity index (χ0n) is 48.3. The fraction of sp³-hybridized carbons (Fsp3) is 0.710. The number of hydrogen-bond acceptors (Lipinski definition) is 11. The Kier molecular flexibility index (Phi) is 20.1. The van der Waals surface area contributed by atoms with Crippen LogP contribution >= 0.6 is 11.3 Å². The fourth-order valence-corrected chi connectivity index (χ4v) is 16.0. The number of nitriles is 1. The van der Waals surface area contributed by atoms with Crippen LogP contribution in [0.15, 0.2) is 40.5 Å². The highest BCUT2D eigenvalue weighted by atomic mass is 32.1. The number of allylic oxidation sites excluding steroid dienone is 4. The van der Waals surface area contributed by atoms with Gasteiger partial charge in [-0.25, -0.2) is 14.6 Å². The predicted molar refractivity (Wildman–Crippen MR) is 303 cm³/mol. The number of aliphatic hydroxyl groups excluding tert-OH is 1. The van der Waals surface area contributed by atoms with Crippen LogP contribution in [0.4, 0.5) is 4.79 Å². The summed E-state index contributed by atoms with van der Waals surface area (Å²) in [7, 11) is 1.71. The second-order valence-electron chi connectivity index (χ2n) is 25.5. The minimum atomic E-state index is -1.05. The number of fused-ring (bicyclic) bond motifs is 6. The van der Waals surface area contributed by atoms with E-state index in [0.717, 1.165) is 60.2 Å². The number of ether oxygens (including phenoxy) is 1. The zero-order chi connectivity index (χ0) is 56.7. The molecule has 10 atom stereocenters. The quantitative estimate of drug-likeness (QED) is 0.0725. The number of carboxylic acid groups (broad SMARTS) is 1. The van der Waals surface area contributed by atoms with Gasteiger partial charge < -0.3 is 35.4 Å². The van der Waals surface area contributed by atoms with E-state index >= 15 is 0 Å². The topological polar surface area (TPSA) is 219 Å². The molecule has 78 heavy (non-hydrogen) atoms. The maximum Gasteiger partial charge on any atom is 0.415 e. The molecule has 4 fully saturated rings. The van der Waals surface area contributed by atoms with Gasteiger partial charge in [-0.3, -0.25) is 19.2 Å². The Labute approximate surface area is 467 Å². The number of nitrogens with zero attached hydrogens (tertiary/aromatic N) is 4. The summed E-state index contributed by atoms with van der Waals surface area (Å²) in [6.07, 6.45) is 15.2. The van der Waals surface area contributed by atoms with Crippen molar-refractivity contribution in [3.05, 3.63) is 45.5 Å². The zero-order valence-corrected chi connectivity index (χ0v) is 49.1. The van der Waals surface area contributed by atoms with Gasteiger partial charge in [-0.05, 0) is 199 Å². The van der Waals surface area contributed by atoms with Gasteiger partial charge in [0, 0.05) is 58.6 Å². The van der Waals surface area contributed by atoms with E-state index in [0.29, 0.717) is 108 Å². The Morgan fingerprint density at radius 1 is 0.897 bits per heavy atom. The molecule has 15 nitrogen and oxygen atoms in total. The van der Waals surface area contributed by atoms with E-state index in [9.17, 15) is 44.2 Å². The van der Waals surface area contributed by atoms with Crippen molar-refractivity contribution in [3.63, 3.8) is 0 Å². The second kappa shape index (κ2) is 26.0. The molecule has 0 saturated heterocycles. The number of ketones is 1. The standard InChI is InChI=1S/C62H90N6O9S/c1-38(46-21-22-47-45-20-18-42-34-43(69)25-27-61(42,7)48(45)26-28-62(46,47)8)17-24-54(71)65-51(58(74)75)15-12-13-29-64-53(70)16-11-10-14-30-68(59(76)77-44-19-23-50-52(35-44)78-55(37-63)66-50)32-31-67(9)56(72)36-60(5,6)49-33-39(2)40(3)57(73)41(49)4/h19,23,35,38,42-43,45-48,51,69H,10-18,20-22,24-34,36H2,1-9H3,(H,64,70)(H,65,71)(H,74,75)/t38-,42-,43-,45+,46-,47+,48+,51?,61+,62-/m1/s1. The average Bonchev–Trinajstić information content (AvgIpc) is 4.16. The van der Waals surface area contributed by atoms with E-state index < -0.39 is 23.5 Å². The molecular weight excluding hydrogens is 1000 g/mol. The van der Waals surface area contributed by atoms with Crippen molar-refractivity contribution in [2.45, 2.75) is 196 Å². The van der Waals surface area contributed by atoms with E-state index in [-0.39, 0.29) is 67.4 Å². The lowest BCUT2D eigenvalue weighted by atomic mass is 9.44. The van der Waals surface area contributed by atoms with Gasteiger partial charge in [0.25, 0.3) is 0 Å². The number of carbonyl (C=O) groups is 6. The first-order chi connectivity index (χ1) is 36.9. The van der Waals surface area contributed by atoms with Crippen LogP contribution in [-0.2, 0) is 24.0 Å². The first kappa shape index (κ1) is 60.5. The summed E-state index contributed by atoms with van der Waals surface area (Å²) >= 11 is 1.21. The van der Waals surface area contributed by atoms with Crippen LogP contribution in [0.3, 0.4) is 0 Å². The third kappa shape index (κ3) is 14.1. The molecule has 4 amide bonds. The Balaban J connectivity index is 0.807. The molecule has 1 unspecified atom stereocenters. The number of aliphatic hydroxyl groups is 1. The van der Waals surface area contributed by atoms with Gasteiger partial charge in [-0.1, -0.05) is 52.2 Å². The lowest BCUT2D eigenvalue weighted by Crippen LogP contribution is -2.54. The van der Waals surface area contributed by atoms with Crippen molar-refractivity contribution in [2.24, 2.45) is 51.8 Å². The predicted octanol–water partition coefficient (Wildman–Crippen LogP) is 11.3. The van der Waals surface area contributed by atoms with Crippen molar-refractivity contribution < 1.29 is 43.7 Å². The lowest BCUT2D eigenvalue weighted by Gasteiger charge is -2.61. The van der Waals surface area contributed by atoms with Gasteiger partial charge in [0.05, 0.1) is 16.3 Å². The largest absolute Gasteiger partial charge is 0.480 e. The average molecular weight is 1100 g/mol. The molecule has 7 rings (SSSR count). The van der Waals surface area contributed by atoms with Crippen LogP contribution in [0.25, 0.3) is 10.2 Å². The summed E-state index contributed by atoms with van der Waals surface area (Å²) in [6, 6.07) is 6.08. The number of aliphatic carboxylic acids is 1. The number of nitrogens with one attached hydrogen (secondary N) is 2. The number of thiazole rings is 1. The van der Waals surface area contributed by atoms with Gasteiger partial charge in [0.15, 0.2) is 10.8 Å². The number of likely N-dealkylation sites (N-methyl/N-ethyl adjacent to an activating group) is 1. The maximum absolute atomic E-state index is 13.7. The highest BCUT2D eigenvalue weighted by Crippen LogP contribution is 2.68. The summed E-state index contributed by atoms with van der Waals surface area (Å²) in [4.78, 5) is 86.1. The molecule has 1 aromatic carbocycles. The summed E-state index contributed by atoms with van der Waals surface area (Å²) in [5.41, 5.74) is 4.14. The summed E-state index contributed by atoms with van der Waals surface area (Å²) in [6.45, 7) is 18.2. The van der Waals surface area contributed by atoms with Gasteiger partial charge in [0.1, 0.15) is 17.9 Å². The molecule has 0 aliphatic heterocycles. The number of carbonyl (C=O) groups excluding carboxylic acids is 5. The summed E-state index contributed by atoms with van der Waals surface area (Å²) < 4.78 is 6.53. The first-order valence-electron chi connectivity index (χ1n) is 29.3. The van der Waals surface area contributed by atoms with Crippen molar-refractivity contribution in [1.29, 1.82) is 5.26 Å². The second-order valence-corrected chi connectivity index (χ2v) is 26.5. The molecule has 0 bridgehead atoms. The molecule has 16 heteroatoms. The minimum absolute atomic E-state index is 0.0213. The van der Waals surface area contributed by atoms with Crippen LogP contribution < -0.4 is 15.4 Å². The number of benzene rings is 1. The molecule has 4 N–H and O–H groups in total. The summed E-state index contributed by atoms with van der Waals surface area (Å²) in [5.74, 6) is 2.64. The number of carboxylic acids is 1. The van der Waals surface area contributed by atoms with Crippen molar-refractivity contribution in [3.8, 4) is 11.8 Å². The van der Waals surface area contributed by atoms with Crippen molar-refractivity contribution >= 4 is 57.1 Å². The Hall–Kier alpha value is -5.14. The van der Waals surface area contributed by atoms with Crippen LogP contribution in [-0.4, -0.2) is 106 Å². The van der Waals surface area contributed by atoms with E-state index in [4.69, 9.17) is 4.74 Å². The molecule has 2 aromatic rings. The minimum Gasteiger partial charge on any atom is -0.480 e. The van der Waals surface area contributed by atoms with Crippen molar-refractivity contribution in [1.82, 2.24) is 25.4 Å². The number of unbranched alkanes of at least 4 members (excludes halogenated alkanes) is 3. The van der Waals surface area contributed by atoms with E-state index in [1.165, 1.54) is 49.9 Å². The van der Waals surface area contributed by atoms with Gasteiger partial charge >= 0.3 is 12.1 Å². The molecule has 0 radical (unpaired) electrons. The third-order valence-electron chi connectivity index (χ3n) is 20.1. The van der Waals surface area contributed by atoms with Gasteiger partial charge in [-0.15, -0.1) is 11.3 Å². The SMILES string of the molecule is CC1=C(C)C(=O)C(C)=C(C(C)(C)CC(=O)N(C)CCN(CCCCCC(=O)NCCCCC(NC(=O)CC[C@@H](C)[C@H]2CC[C@H]3[C@@H]4CC[C@@H]5C[C@H](O)CC[C@]5(C)[C@H]4CC[C@]23C)C(=O)O)C(=O)Oc2ccc3nc(C#N)sc3c2)C1. The Bertz CT molecular complexity index is 2650.